The summed E-state index contributed by atoms with van der Waals surface area (Å²) >= 11 is 3.64. The van der Waals surface area contributed by atoms with Crippen LogP contribution < -0.4 is 15.4 Å². The maximum Gasteiger partial charge on any atom is 0.281 e. The minimum Gasteiger partial charge on any atom is -0.367 e. The Morgan fingerprint density at radius 2 is 1.50 bits per heavy atom. The van der Waals surface area contributed by atoms with Gasteiger partial charge in [0.2, 0.25) is 11.8 Å². The molecule has 0 radical (unpaired) electrons. The number of piperidine rings is 2. The zero-order chi connectivity index (χ0) is 38.3. The van der Waals surface area contributed by atoms with Gasteiger partial charge in [0.25, 0.3) is 5.56 Å². The SMILES string of the molecule is O=C1CCCC(=O)N1c1cc(F)c(N2CCC3(CC2)CN(CC2CCC(c4ccc5c(c4)-n4c(nc(=O)c6c(Br)cccc64)C54CCCCC4)CC2)C3)c(F)c1. The first kappa shape index (κ1) is 36.4. The highest BCUT2D eigenvalue weighted by Gasteiger charge is 2.48. The lowest BCUT2D eigenvalue weighted by atomic mass is 9.69. The van der Waals surface area contributed by atoms with E-state index in [1.165, 1.54) is 48.9 Å². The van der Waals surface area contributed by atoms with Crippen molar-refractivity contribution in [3.05, 3.63) is 91.9 Å². The van der Waals surface area contributed by atoms with Crippen molar-refractivity contribution in [2.45, 2.75) is 101 Å². The fraction of sp³-hybridized carbons (Fsp3) is 0.511. The molecule has 2 saturated carbocycles. The van der Waals surface area contributed by atoms with E-state index in [1.54, 1.807) is 4.90 Å². The number of halogens is 3. The molecule has 5 heterocycles. The van der Waals surface area contributed by atoms with Gasteiger partial charge < -0.3 is 9.80 Å². The van der Waals surface area contributed by atoms with Crippen LogP contribution in [0.2, 0.25) is 0 Å². The third-order valence-corrected chi connectivity index (χ3v) is 15.1. The van der Waals surface area contributed by atoms with Crippen molar-refractivity contribution in [3.8, 4) is 5.69 Å². The minimum atomic E-state index is -0.721. The van der Waals surface area contributed by atoms with E-state index >= 15 is 8.78 Å². The molecule has 3 saturated heterocycles. The maximum absolute atomic E-state index is 15.4. The van der Waals surface area contributed by atoms with Gasteiger partial charge in [-0.25, -0.2) is 8.78 Å². The molecule has 0 N–H and O–H groups in total. The number of carbonyl (C=O) groups is 2. The highest BCUT2D eigenvalue weighted by atomic mass is 79.9. The summed E-state index contributed by atoms with van der Waals surface area (Å²) in [7, 11) is 0. The molecule has 10 rings (SSSR count). The van der Waals surface area contributed by atoms with Crippen LogP contribution in [0.1, 0.15) is 113 Å². The fourth-order valence-electron chi connectivity index (χ4n) is 11.6. The van der Waals surface area contributed by atoms with Crippen LogP contribution in [-0.4, -0.2) is 59.0 Å². The van der Waals surface area contributed by atoms with Gasteiger partial charge in [0.05, 0.1) is 27.7 Å². The predicted octanol–water partition coefficient (Wildman–Crippen LogP) is 8.91. The first-order valence-electron chi connectivity index (χ1n) is 20.8. The summed E-state index contributed by atoms with van der Waals surface area (Å²) in [5, 5.41) is 0.652. The molecule has 1 aromatic heterocycles. The van der Waals surface area contributed by atoms with E-state index in [-0.39, 0.29) is 40.6 Å². The molecular formula is C45H48BrF2N5O3. The summed E-state index contributed by atoms with van der Waals surface area (Å²) < 4.78 is 33.9. The van der Waals surface area contributed by atoms with Crippen LogP contribution >= 0.6 is 15.9 Å². The maximum atomic E-state index is 15.4. The zero-order valence-electron chi connectivity index (χ0n) is 31.8. The quantitative estimate of drug-likeness (QED) is 0.187. The van der Waals surface area contributed by atoms with E-state index in [4.69, 9.17) is 4.98 Å². The number of carbonyl (C=O) groups excluding carboxylic acids is 2. The number of benzene rings is 3. The average molecular weight is 825 g/mol. The van der Waals surface area contributed by atoms with Gasteiger partial charge in [-0.1, -0.05) is 37.5 Å². The Kier molecular flexibility index (Phi) is 9.00. The number of fused-ring (bicyclic) bond motifs is 7. The molecule has 4 aromatic rings. The van der Waals surface area contributed by atoms with E-state index in [0.29, 0.717) is 36.7 Å². The Labute approximate surface area is 334 Å². The highest BCUT2D eigenvalue weighted by molar-refractivity contribution is 9.10. The lowest BCUT2D eigenvalue weighted by Crippen LogP contribution is -2.61. The van der Waals surface area contributed by atoms with Crippen molar-refractivity contribution >= 4 is 50.0 Å². The number of nitrogens with zero attached hydrogens (tertiary/aromatic N) is 5. The van der Waals surface area contributed by atoms with Gasteiger partial charge in [-0.15, -0.1) is 0 Å². The summed E-state index contributed by atoms with van der Waals surface area (Å²) in [6.45, 7) is 4.35. The second-order valence-electron chi connectivity index (χ2n) is 17.7. The second kappa shape index (κ2) is 13.9. The molecular weight excluding hydrogens is 776 g/mol. The van der Waals surface area contributed by atoms with E-state index < -0.39 is 23.4 Å². The average Bonchev–Trinajstić information content (AvgIpc) is 3.42. The third kappa shape index (κ3) is 5.88. The molecule has 2 amide bonds. The molecule has 292 valence electrons. The monoisotopic (exact) mass is 823 g/mol. The lowest BCUT2D eigenvalue weighted by Gasteiger charge is -2.55. The van der Waals surface area contributed by atoms with Crippen molar-refractivity contribution in [2.24, 2.45) is 11.3 Å². The molecule has 0 bridgehead atoms. The van der Waals surface area contributed by atoms with Gasteiger partial charge in [0, 0.05) is 62.2 Å². The molecule has 2 spiro atoms. The Morgan fingerprint density at radius 3 is 2.20 bits per heavy atom. The Hall–Kier alpha value is -3.96. The van der Waals surface area contributed by atoms with Gasteiger partial charge >= 0.3 is 0 Å². The first-order chi connectivity index (χ1) is 27.1. The lowest BCUT2D eigenvalue weighted by molar-refractivity contribution is -0.129. The van der Waals surface area contributed by atoms with Crippen molar-refractivity contribution in [1.82, 2.24) is 14.5 Å². The molecule has 3 aromatic carbocycles. The van der Waals surface area contributed by atoms with Gasteiger partial charge in [-0.3, -0.25) is 23.9 Å². The number of rotatable bonds is 5. The van der Waals surface area contributed by atoms with Gasteiger partial charge in [-0.05, 0) is 120 Å². The molecule has 5 fully saturated rings. The first-order valence-corrected chi connectivity index (χ1v) is 21.6. The molecule has 0 atom stereocenters. The molecule has 11 heteroatoms. The van der Waals surface area contributed by atoms with Crippen LogP contribution in [0.15, 0.2) is 57.8 Å². The number of imide groups is 1. The van der Waals surface area contributed by atoms with Crippen LogP contribution in [0, 0.1) is 23.0 Å². The van der Waals surface area contributed by atoms with Gasteiger partial charge in [-0.2, -0.15) is 4.98 Å². The van der Waals surface area contributed by atoms with Crippen LogP contribution in [0.25, 0.3) is 16.6 Å². The summed E-state index contributed by atoms with van der Waals surface area (Å²) in [4.78, 5) is 48.3. The number of likely N-dealkylation sites (tertiary alicyclic amines) is 1. The summed E-state index contributed by atoms with van der Waals surface area (Å²) in [5.41, 5.74) is 4.68. The van der Waals surface area contributed by atoms with E-state index in [1.807, 2.05) is 12.1 Å². The van der Waals surface area contributed by atoms with Crippen molar-refractivity contribution in [1.29, 1.82) is 0 Å². The number of hydrogen-bond acceptors (Lipinski definition) is 6. The zero-order valence-corrected chi connectivity index (χ0v) is 33.4. The van der Waals surface area contributed by atoms with E-state index in [9.17, 15) is 14.4 Å². The minimum absolute atomic E-state index is 0.0140. The topological polar surface area (TPSA) is 78.8 Å². The van der Waals surface area contributed by atoms with Crippen molar-refractivity contribution < 1.29 is 18.4 Å². The number of hydrogen-bond donors (Lipinski definition) is 0. The van der Waals surface area contributed by atoms with Crippen LogP contribution in [0.4, 0.5) is 20.2 Å². The fourth-order valence-corrected chi connectivity index (χ4v) is 12.1. The largest absolute Gasteiger partial charge is 0.367 e. The molecule has 2 aliphatic carbocycles. The summed E-state index contributed by atoms with van der Waals surface area (Å²) in [6, 6.07) is 15.5. The molecule has 6 aliphatic rings. The molecule has 8 nitrogen and oxygen atoms in total. The third-order valence-electron chi connectivity index (χ3n) is 14.4. The van der Waals surface area contributed by atoms with Crippen LogP contribution in [-0.2, 0) is 15.0 Å². The number of amides is 2. The van der Waals surface area contributed by atoms with Gasteiger partial charge in [0.1, 0.15) is 11.5 Å². The normalized spacial score (nSPS) is 24.5. The van der Waals surface area contributed by atoms with Crippen molar-refractivity contribution in [3.63, 3.8) is 0 Å². The van der Waals surface area contributed by atoms with Crippen LogP contribution in [0.3, 0.4) is 0 Å². The number of aromatic nitrogens is 2. The number of anilines is 2. The molecule has 4 aliphatic heterocycles. The summed E-state index contributed by atoms with van der Waals surface area (Å²) in [6.07, 6.45) is 13.0. The van der Waals surface area contributed by atoms with E-state index in [0.717, 1.165) is 91.0 Å². The van der Waals surface area contributed by atoms with Crippen LogP contribution in [0.5, 0.6) is 0 Å². The second-order valence-corrected chi connectivity index (χ2v) is 18.6. The van der Waals surface area contributed by atoms with E-state index in [2.05, 4.69) is 49.7 Å². The Balaban J connectivity index is 0.774. The molecule has 56 heavy (non-hydrogen) atoms. The smallest absolute Gasteiger partial charge is 0.281 e. The van der Waals surface area contributed by atoms with Crippen molar-refractivity contribution in [2.75, 3.05) is 42.5 Å². The Bertz CT molecular complexity index is 2280. The highest BCUT2D eigenvalue weighted by Crippen LogP contribution is 2.53. The molecule has 0 unspecified atom stereocenters. The standard InChI is InChI=1S/C45H48BrF2N5O3/c46-33-6-4-7-36-40(33)42(56)49-43-45(16-2-1-3-17-45)32-15-14-30(22-37(32)53(36)43)29-12-10-28(11-13-29)25-50-26-44(27-50)18-20-51(21-19-44)41-34(47)23-31(24-35(41)48)52-38(54)8-5-9-39(52)55/h4,6-7,14-15,22-24,28-29H,1-3,5,8-13,16-21,25-27H2. The Morgan fingerprint density at radius 1 is 0.804 bits per heavy atom. The summed E-state index contributed by atoms with van der Waals surface area (Å²) in [5.74, 6) is -0.151. The van der Waals surface area contributed by atoms with Gasteiger partial charge in [0.15, 0.2) is 11.6 Å². The predicted molar refractivity (Wildman–Crippen MR) is 217 cm³/mol.